The van der Waals surface area contributed by atoms with Crippen molar-refractivity contribution in [3.8, 4) is 5.75 Å². The lowest BCUT2D eigenvalue weighted by Crippen LogP contribution is -2.12. The maximum atomic E-state index is 12.2. The first-order valence-corrected chi connectivity index (χ1v) is 5.29. The second-order valence-corrected chi connectivity index (χ2v) is 3.87. The summed E-state index contributed by atoms with van der Waals surface area (Å²) in [6.07, 6.45) is -1.96. The number of carboxylic acid groups (broad SMARTS) is 1. The number of hydrogen-bond acceptors (Lipinski definition) is 4. The van der Waals surface area contributed by atoms with Gasteiger partial charge in [0.15, 0.2) is 6.10 Å². The van der Waals surface area contributed by atoms with Gasteiger partial charge >= 0.3 is 12.6 Å². The number of ketones is 1. The molecule has 1 aromatic rings. The van der Waals surface area contributed by atoms with E-state index in [1.54, 1.807) is 0 Å². The van der Waals surface area contributed by atoms with E-state index in [2.05, 4.69) is 4.74 Å². The molecule has 0 spiro atoms. The summed E-state index contributed by atoms with van der Waals surface area (Å²) in [7, 11) is 0. The Morgan fingerprint density at radius 1 is 1.37 bits per heavy atom. The minimum Gasteiger partial charge on any atom is -0.479 e. The quantitative estimate of drug-likeness (QED) is 0.822. The van der Waals surface area contributed by atoms with Gasteiger partial charge in [0.25, 0.3) is 0 Å². The van der Waals surface area contributed by atoms with Crippen molar-refractivity contribution < 1.29 is 33.3 Å². The molecule has 2 N–H and O–H groups in total. The van der Waals surface area contributed by atoms with Crippen LogP contribution in [0.4, 0.5) is 8.78 Å². The highest BCUT2D eigenvalue weighted by atomic mass is 19.3. The molecule has 0 aliphatic heterocycles. The molecule has 7 heteroatoms. The summed E-state index contributed by atoms with van der Waals surface area (Å²) in [5, 5.41) is 17.9. The molecule has 5 nitrogen and oxygen atoms in total. The van der Waals surface area contributed by atoms with Crippen LogP contribution in [0.1, 0.15) is 24.2 Å². The minimum atomic E-state index is -3.11. The van der Waals surface area contributed by atoms with Gasteiger partial charge in [-0.15, -0.1) is 0 Å². The van der Waals surface area contributed by atoms with Crippen molar-refractivity contribution >= 4 is 11.8 Å². The zero-order valence-corrected chi connectivity index (χ0v) is 9.97. The number of alkyl halides is 2. The smallest absolute Gasteiger partial charge is 0.387 e. The van der Waals surface area contributed by atoms with Crippen molar-refractivity contribution in [3.05, 3.63) is 29.3 Å². The maximum absolute atomic E-state index is 12.2. The van der Waals surface area contributed by atoms with E-state index in [4.69, 9.17) is 5.11 Å². The first-order valence-electron chi connectivity index (χ1n) is 5.29. The summed E-state index contributed by atoms with van der Waals surface area (Å²) in [5.74, 6) is -2.09. The standard InChI is InChI=1S/C12H12F2O5/c1-6(15)4-7-2-3-8(10(16)11(17)18)5-9(7)19-12(13)14/h2-3,5,10,12,16H,4H2,1H3,(H,17,18). The van der Waals surface area contributed by atoms with Crippen LogP contribution in [0.15, 0.2) is 18.2 Å². The normalized spacial score (nSPS) is 12.3. The molecule has 0 saturated carbocycles. The third-order valence-corrected chi connectivity index (χ3v) is 2.30. The molecule has 1 unspecified atom stereocenters. The van der Waals surface area contributed by atoms with Crippen molar-refractivity contribution in [1.29, 1.82) is 0 Å². The maximum Gasteiger partial charge on any atom is 0.387 e. The Hall–Kier alpha value is -2.02. The second-order valence-electron chi connectivity index (χ2n) is 3.87. The summed E-state index contributed by atoms with van der Waals surface area (Å²) in [4.78, 5) is 21.6. The highest BCUT2D eigenvalue weighted by Gasteiger charge is 2.19. The Bertz CT molecular complexity index is 487. The van der Waals surface area contributed by atoms with Crippen molar-refractivity contribution in [2.45, 2.75) is 26.1 Å². The number of halogens is 2. The van der Waals surface area contributed by atoms with Gasteiger partial charge in [-0.1, -0.05) is 12.1 Å². The molecule has 0 aromatic heterocycles. The van der Waals surface area contributed by atoms with Crippen molar-refractivity contribution in [1.82, 2.24) is 0 Å². The van der Waals surface area contributed by atoms with Crippen LogP contribution in [0.3, 0.4) is 0 Å². The van der Waals surface area contributed by atoms with Crippen molar-refractivity contribution in [2.75, 3.05) is 0 Å². The van der Waals surface area contributed by atoms with Gasteiger partial charge in [-0.05, 0) is 18.6 Å². The minimum absolute atomic E-state index is 0.101. The summed E-state index contributed by atoms with van der Waals surface area (Å²) in [6, 6.07) is 3.51. The zero-order chi connectivity index (χ0) is 14.6. The second kappa shape index (κ2) is 6.24. The predicted molar refractivity (Wildman–Crippen MR) is 60.1 cm³/mol. The number of ether oxygens (including phenoxy) is 1. The van der Waals surface area contributed by atoms with Crippen LogP contribution >= 0.6 is 0 Å². The van der Waals surface area contributed by atoms with Crippen LogP contribution in [0, 0.1) is 0 Å². The summed E-state index contributed by atoms with van der Waals surface area (Å²) in [5.41, 5.74) is 0.101. The fourth-order valence-electron chi connectivity index (χ4n) is 1.50. The van der Waals surface area contributed by atoms with Gasteiger partial charge in [-0.3, -0.25) is 4.79 Å². The first-order chi connectivity index (χ1) is 8.81. The van der Waals surface area contributed by atoms with E-state index in [0.717, 1.165) is 6.07 Å². The van der Waals surface area contributed by atoms with E-state index < -0.39 is 18.7 Å². The highest BCUT2D eigenvalue weighted by molar-refractivity contribution is 5.79. The number of hydrogen-bond donors (Lipinski definition) is 2. The van der Waals surface area contributed by atoms with E-state index in [0.29, 0.717) is 0 Å². The monoisotopic (exact) mass is 274 g/mol. The lowest BCUT2D eigenvalue weighted by molar-refractivity contribution is -0.147. The number of aliphatic hydroxyl groups is 1. The Morgan fingerprint density at radius 3 is 2.47 bits per heavy atom. The Labute approximate surface area is 107 Å². The van der Waals surface area contributed by atoms with Crippen LogP contribution in [0.2, 0.25) is 0 Å². The third kappa shape index (κ3) is 4.29. The number of aliphatic carboxylic acids is 1. The highest BCUT2D eigenvalue weighted by Crippen LogP contribution is 2.26. The SMILES string of the molecule is CC(=O)Cc1ccc(C(O)C(=O)O)cc1OC(F)F. The molecule has 0 bridgehead atoms. The number of carboxylic acids is 1. The molecule has 19 heavy (non-hydrogen) atoms. The summed E-state index contributed by atoms with van der Waals surface area (Å²) < 4.78 is 28.7. The Balaban J connectivity index is 3.14. The lowest BCUT2D eigenvalue weighted by atomic mass is 10.0. The van der Waals surface area contributed by atoms with Crippen LogP contribution in [-0.2, 0) is 16.0 Å². The van der Waals surface area contributed by atoms with E-state index in [9.17, 15) is 23.5 Å². The number of Topliss-reactive ketones (excluding diaryl/α,β-unsaturated/α-hetero) is 1. The fourth-order valence-corrected chi connectivity index (χ4v) is 1.50. The molecule has 0 fully saturated rings. The lowest BCUT2D eigenvalue weighted by Gasteiger charge is -2.13. The molecule has 1 atom stereocenters. The van der Waals surface area contributed by atoms with E-state index >= 15 is 0 Å². The molecule has 0 saturated heterocycles. The average Bonchev–Trinajstić information content (AvgIpc) is 2.29. The number of aliphatic hydroxyl groups excluding tert-OH is 1. The van der Waals surface area contributed by atoms with E-state index in [1.807, 2.05) is 0 Å². The Morgan fingerprint density at radius 2 is 2.00 bits per heavy atom. The Kier molecular flexibility index (Phi) is 4.94. The number of benzene rings is 1. The molecular weight excluding hydrogens is 262 g/mol. The average molecular weight is 274 g/mol. The van der Waals surface area contributed by atoms with Crippen LogP contribution in [0.5, 0.6) is 5.75 Å². The van der Waals surface area contributed by atoms with Gasteiger partial charge < -0.3 is 14.9 Å². The molecule has 0 aliphatic rings. The van der Waals surface area contributed by atoms with Crippen LogP contribution in [-0.4, -0.2) is 28.6 Å². The van der Waals surface area contributed by atoms with Gasteiger partial charge in [-0.2, -0.15) is 8.78 Å². The third-order valence-electron chi connectivity index (χ3n) is 2.30. The largest absolute Gasteiger partial charge is 0.479 e. The van der Waals surface area contributed by atoms with Gasteiger partial charge in [-0.25, -0.2) is 4.79 Å². The van der Waals surface area contributed by atoms with Gasteiger partial charge in [0, 0.05) is 12.0 Å². The zero-order valence-electron chi connectivity index (χ0n) is 9.97. The van der Waals surface area contributed by atoms with Crippen molar-refractivity contribution in [2.24, 2.45) is 0 Å². The molecule has 0 amide bonds. The van der Waals surface area contributed by atoms with E-state index in [1.165, 1.54) is 19.1 Å². The van der Waals surface area contributed by atoms with Gasteiger partial charge in [0.05, 0.1) is 0 Å². The molecule has 0 aliphatic carbocycles. The number of carbonyl (C=O) groups is 2. The molecule has 0 radical (unpaired) electrons. The predicted octanol–water partition coefficient (Wildman–Crippen LogP) is 1.54. The van der Waals surface area contributed by atoms with E-state index in [-0.39, 0.29) is 29.1 Å². The molecule has 104 valence electrons. The molecule has 1 rings (SSSR count). The summed E-state index contributed by atoms with van der Waals surface area (Å²) >= 11 is 0. The molecule has 0 heterocycles. The van der Waals surface area contributed by atoms with Gasteiger partial charge in [0.2, 0.25) is 0 Å². The van der Waals surface area contributed by atoms with Crippen molar-refractivity contribution in [3.63, 3.8) is 0 Å². The number of rotatable bonds is 6. The van der Waals surface area contributed by atoms with Crippen LogP contribution in [0.25, 0.3) is 0 Å². The topological polar surface area (TPSA) is 83.8 Å². The van der Waals surface area contributed by atoms with Gasteiger partial charge in [0.1, 0.15) is 11.5 Å². The number of carbonyl (C=O) groups excluding carboxylic acids is 1. The van der Waals surface area contributed by atoms with Crippen LogP contribution < -0.4 is 4.74 Å². The molecule has 1 aromatic carbocycles. The fraction of sp³-hybridized carbons (Fsp3) is 0.333. The summed E-state index contributed by atoms with van der Waals surface area (Å²) in [6.45, 7) is -1.82. The first kappa shape index (κ1) is 15.0. The molecular formula is C12H12F2O5.